The van der Waals surface area contributed by atoms with Crippen molar-refractivity contribution >= 4 is 16.6 Å². The Balaban J connectivity index is 1.25. The number of nitrogens with one attached hydrogen (secondary N) is 1. The van der Waals surface area contributed by atoms with Crippen LogP contribution in [-0.2, 0) is 5.41 Å². The van der Waals surface area contributed by atoms with Crippen molar-refractivity contribution in [2.75, 3.05) is 31.1 Å². The Morgan fingerprint density at radius 2 is 1.97 bits per heavy atom. The summed E-state index contributed by atoms with van der Waals surface area (Å²) in [4.78, 5) is 6.04. The van der Waals surface area contributed by atoms with Gasteiger partial charge in [-0.25, -0.2) is 0 Å². The summed E-state index contributed by atoms with van der Waals surface area (Å²) >= 11 is 0. The number of hydrogen-bond acceptors (Lipinski definition) is 7. The molecule has 34 heavy (non-hydrogen) atoms. The Bertz CT molecular complexity index is 1370. The summed E-state index contributed by atoms with van der Waals surface area (Å²) in [5, 5.41) is 21.7. The normalized spacial score (nSPS) is 29.5. The van der Waals surface area contributed by atoms with E-state index in [1.54, 1.807) is 35.4 Å². The standard InChI is InChI=1S/C24H21F3N6O/c25-24(26,27)23-9-22(23,20-32-31-19(34-20)15-6-21(7-15)10-29-11-21)12-33(13-23)17-4-3-14(8-28)18-16(17)2-1-5-30-18/h1-5,15,29H,6-7,9-13H2/t22-,23-/m0/s1. The fourth-order valence-electron chi connectivity index (χ4n) is 6.62. The number of piperidine rings is 1. The van der Waals surface area contributed by atoms with E-state index in [9.17, 15) is 18.4 Å². The van der Waals surface area contributed by atoms with E-state index in [4.69, 9.17) is 4.42 Å². The molecule has 0 unspecified atom stereocenters. The maximum atomic E-state index is 14.5. The summed E-state index contributed by atoms with van der Waals surface area (Å²) < 4.78 is 49.4. The lowest BCUT2D eigenvalue weighted by atomic mass is 9.58. The van der Waals surface area contributed by atoms with Crippen LogP contribution in [0.3, 0.4) is 0 Å². The molecule has 2 saturated heterocycles. The van der Waals surface area contributed by atoms with Gasteiger partial charge in [0.1, 0.15) is 11.5 Å². The molecule has 174 valence electrons. The van der Waals surface area contributed by atoms with Crippen molar-refractivity contribution < 1.29 is 17.6 Å². The second-order valence-corrected chi connectivity index (χ2v) is 10.5. The summed E-state index contributed by atoms with van der Waals surface area (Å²) in [6.45, 7) is 1.90. The number of nitriles is 1. The van der Waals surface area contributed by atoms with E-state index in [-0.39, 0.29) is 31.3 Å². The molecular weight excluding hydrogens is 445 g/mol. The van der Waals surface area contributed by atoms with Crippen LogP contribution in [0.15, 0.2) is 34.9 Å². The lowest BCUT2D eigenvalue weighted by Gasteiger charge is -2.53. The third kappa shape index (κ3) is 2.43. The maximum absolute atomic E-state index is 14.5. The number of anilines is 1. The molecule has 4 fully saturated rings. The minimum Gasteiger partial charge on any atom is -0.424 e. The fraction of sp³-hybridized carbons (Fsp3) is 0.500. The zero-order valence-corrected chi connectivity index (χ0v) is 18.2. The molecule has 2 saturated carbocycles. The van der Waals surface area contributed by atoms with Gasteiger partial charge in [-0.1, -0.05) is 0 Å². The van der Waals surface area contributed by atoms with Gasteiger partial charge in [-0.05, 0) is 48.9 Å². The summed E-state index contributed by atoms with van der Waals surface area (Å²) in [6.07, 6.45) is -0.996. The number of hydrogen-bond donors (Lipinski definition) is 1. The average Bonchev–Trinajstić information content (AvgIpc) is 3.08. The van der Waals surface area contributed by atoms with Crippen molar-refractivity contribution in [2.24, 2.45) is 10.8 Å². The van der Waals surface area contributed by atoms with E-state index >= 15 is 0 Å². The van der Waals surface area contributed by atoms with Crippen molar-refractivity contribution in [1.82, 2.24) is 20.5 Å². The van der Waals surface area contributed by atoms with Crippen LogP contribution in [0, 0.1) is 22.2 Å². The molecule has 3 aromatic rings. The maximum Gasteiger partial charge on any atom is 0.397 e. The molecule has 2 aromatic heterocycles. The molecule has 2 atom stereocenters. The van der Waals surface area contributed by atoms with Gasteiger partial charge < -0.3 is 14.6 Å². The second kappa shape index (κ2) is 6.27. The summed E-state index contributed by atoms with van der Waals surface area (Å²) in [5.74, 6) is 0.701. The Labute approximate surface area is 193 Å². The summed E-state index contributed by atoms with van der Waals surface area (Å²) in [5.41, 5.74) is -1.35. The Hall–Kier alpha value is -3.19. The quantitative estimate of drug-likeness (QED) is 0.630. The predicted molar refractivity (Wildman–Crippen MR) is 115 cm³/mol. The molecule has 0 amide bonds. The summed E-state index contributed by atoms with van der Waals surface area (Å²) in [6, 6.07) is 8.96. The first-order valence-corrected chi connectivity index (χ1v) is 11.4. The lowest BCUT2D eigenvalue weighted by Crippen LogP contribution is -2.59. The van der Waals surface area contributed by atoms with E-state index in [0.29, 0.717) is 33.5 Å². The van der Waals surface area contributed by atoms with Gasteiger partial charge in [0.15, 0.2) is 0 Å². The third-order valence-electron chi connectivity index (χ3n) is 8.62. The molecule has 4 aliphatic rings. The summed E-state index contributed by atoms with van der Waals surface area (Å²) in [7, 11) is 0. The van der Waals surface area contributed by atoms with Gasteiger partial charge in [0, 0.05) is 49.4 Å². The molecule has 10 heteroatoms. The van der Waals surface area contributed by atoms with Crippen LogP contribution >= 0.6 is 0 Å². The number of aromatic nitrogens is 3. The van der Waals surface area contributed by atoms with Gasteiger partial charge in [0.2, 0.25) is 11.8 Å². The molecule has 7 rings (SSSR count). The van der Waals surface area contributed by atoms with Crippen LogP contribution in [0.4, 0.5) is 18.9 Å². The molecular formula is C24H21F3N6O. The van der Waals surface area contributed by atoms with Gasteiger partial charge >= 0.3 is 6.18 Å². The molecule has 2 aliphatic carbocycles. The SMILES string of the molecule is N#Cc1ccc(N2C[C@]3(c4nnc(C5CC6(CNC6)C5)o4)C[C@]3(C(F)(F)F)C2)c2cccnc12. The van der Waals surface area contributed by atoms with Gasteiger partial charge in [-0.2, -0.15) is 18.4 Å². The number of nitrogens with zero attached hydrogens (tertiary/aromatic N) is 5. The molecule has 4 heterocycles. The van der Waals surface area contributed by atoms with Gasteiger partial charge in [-0.15, -0.1) is 10.2 Å². The van der Waals surface area contributed by atoms with Crippen LogP contribution in [0.2, 0.25) is 0 Å². The van der Waals surface area contributed by atoms with Crippen LogP contribution in [0.5, 0.6) is 0 Å². The van der Waals surface area contributed by atoms with Crippen molar-refractivity contribution in [3.8, 4) is 6.07 Å². The van der Waals surface area contributed by atoms with Crippen LogP contribution < -0.4 is 10.2 Å². The molecule has 7 nitrogen and oxygen atoms in total. The molecule has 0 radical (unpaired) electrons. The van der Waals surface area contributed by atoms with E-state index < -0.39 is 17.0 Å². The Morgan fingerprint density at radius 3 is 2.68 bits per heavy atom. The number of rotatable bonds is 3. The number of fused-ring (bicyclic) bond motifs is 2. The molecule has 0 bridgehead atoms. The molecule has 1 aromatic carbocycles. The number of benzene rings is 1. The second-order valence-electron chi connectivity index (χ2n) is 10.5. The predicted octanol–water partition coefficient (Wildman–Crippen LogP) is 3.67. The zero-order chi connectivity index (χ0) is 23.3. The molecule has 2 aliphatic heterocycles. The van der Waals surface area contributed by atoms with Crippen molar-refractivity contribution in [2.45, 2.75) is 36.8 Å². The highest BCUT2D eigenvalue weighted by molar-refractivity contribution is 5.95. The van der Waals surface area contributed by atoms with Crippen molar-refractivity contribution in [3.05, 3.63) is 47.8 Å². The number of halogens is 3. The van der Waals surface area contributed by atoms with E-state index in [2.05, 4.69) is 26.6 Å². The lowest BCUT2D eigenvalue weighted by molar-refractivity contribution is -0.187. The smallest absolute Gasteiger partial charge is 0.397 e. The fourth-order valence-corrected chi connectivity index (χ4v) is 6.62. The van der Waals surface area contributed by atoms with E-state index in [1.807, 2.05) is 0 Å². The largest absolute Gasteiger partial charge is 0.424 e. The minimum atomic E-state index is -4.41. The highest BCUT2D eigenvalue weighted by atomic mass is 19.4. The first-order chi connectivity index (χ1) is 16.3. The van der Waals surface area contributed by atoms with Crippen LogP contribution in [0.25, 0.3) is 10.9 Å². The van der Waals surface area contributed by atoms with Gasteiger partial charge in [0.05, 0.1) is 16.5 Å². The van der Waals surface area contributed by atoms with Gasteiger partial charge in [0.25, 0.3) is 0 Å². The van der Waals surface area contributed by atoms with E-state index in [1.165, 1.54) is 0 Å². The zero-order valence-electron chi connectivity index (χ0n) is 18.2. The average molecular weight is 466 g/mol. The topological polar surface area (TPSA) is 90.9 Å². The van der Waals surface area contributed by atoms with Gasteiger partial charge in [-0.3, -0.25) is 4.98 Å². The number of alkyl halides is 3. The molecule has 1 spiro atoms. The molecule has 1 N–H and O–H groups in total. The third-order valence-corrected chi connectivity index (χ3v) is 8.62. The van der Waals surface area contributed by atoms with Crippen LogP contribution in [-0.4, -0.2) is 47.5 Å². The Kier molecular flexibility index (Phi) is 3.73. The first kappa shape index (κ1) is 20.2. The van der Waals surface area contributed by atoms with Crippen LogP contribution in [0.1, 0.15) is 42.5 Å². The Morgan fingerprint density at radius 1 is 1.15 bits per heavy atom. The van der Waals surface area contributed by atoms with Crippen molar-refractivity contribution in [3.63, 3.8) is 0 Å². The van der Waals surface area contributed by atoms with Crippen molar-refractivity contribution in [1.29, 1.82) is 5.26 Å². The first-order valence-electron chi connectivity index (χ1n) is 11.4. The highest BCUT2D eigenvalue weighted by Crippen LogP contribution is 2.75. The highest BCUT2D eigenvalue weighted by Gasteiger charge is 2.86. The number of pyridine rings is 1. The van der Waals surface area contributed by atoms with E-state index in [0.717, 1.165) is 25.9 Å². The monoisotopic (exact) mass is 466 g/mol. The minimum absolute atomic E-state index is 0.0490.